The molecule has 0 unspecified atom stereocenters. The third-order valence-electron chi connectivity index (χ3n) is 3.95. The van der Waals surface area contributed by atoms with Crippen LogP contribution in [-0.2, 0) is 6.42 Å². The van der Waals surface area contributed by atoms with Crippen molar-refractivity contribution in [3.63, 3.8) is 0 Å². The number of hydrogen-bond donors (Lipinski definition) is 1. The van der Waals surface area contributed by atoms with Crippen LogP contribution in [0.15, 0.2) is 18.2 Å². The SMILES string of the molecule is Cc1ccc(-n2nc(C)c(CCNC(C)C)c2C)c(C)c1. The minimum atomic E-state index is 0.528. The van der Waals surface area contributed by atoms with Gasteiger partial charge in [0.2, 0.25) is 0 Å². The highest BCUT2D eigenvalue weighted by Gasteiger charge is 2.13. The van der Waals surface area contributed by atoms with Crippen molar-refractivity contribution in [1.82, 2.24) is 15.1 Å². The van der Waals surface area contributed by atoms with E-state index in [1.54, 1.807) is 0 Å². The molecular formula is C18H27N3. The van der Waals surface area contributed by atoms with E-state index in [9.17, 15) is 0 Å². The fourth-order valence-electron chi connectivity index (χ4n) is 2.80. The van der Waals surface area contributed by atoms with Gasteiger partial charge in [0.1, 0.15) is 0 Å². The smallest absolute Gasteiger partial charge is 0.0678 e. The molecule has 0 aliphatic rings. The van der Waals surface area contributed by atoms with Crippen LogP contribution in [0.1, 0.15) is 41.9 Å². The van der Waals surface area contributed by atoms with E-state index < -0.39 is 0 Å². The average molecular weight is 285 g/mol. The summed E-state index contributed by atoms with van der Waals surface area (Å²) in [5, 5.41) is 8.24. The van der Waals surface area contributed by atoms with E-state index >= 15 is 0 Å². The van der Waals surface area contributed by atoms with Crippen LogP contribution in [0.4, 0.5) is 0 Å². The Balaban J connectivity index is 2.30. The zero-order valence-electron chi connectivity index (χ0n) is 14.1. The van der Waals surface area contributed by atoms with Crippen molar-refractivity contribution in [2.24, 2.45) is 0 Å². The zero-order valence-corrected chi connectivity index (χ0v) is 14.1. The Morgan fingerprint density at radius 3 is 2.48 bits per heavy atom. The molecule has 0 atom stereocenters. The number of aryl methyl sites for hydroxylation is 3. The van der Waals surface area contributed by atoms with E-state index in [1.807, 2.05) is 0 Å². The summed E-state index contributed by atoms with van der Waals surface area (Å²) in [6.07, 6.45) is 1.03. The molecule has 114 valence electrons. The third kappa shape index (κ3) is 3.53. The first-order chi connectivity index (χ1) is 9.90. The predicted molar refractivity (Wildman–Crippen MR) is 89.4 cm³/mol. The first-order valence-corrected chi connectivity index (χ1v) is 7.76. The lowest BCUT2D eigenvalue weighted by Gasteiger charge is -2.10. The molecular weight excluding hydrogens is 258 g/mol. The largest absolute Gasteiger partial charge is 0.314 e. The second-order valence-corrected chi connectivity index (χ2v) is 6.21. The molecule has 21 heavy (non-hydrogen) atoms. The van der Waals surface area contributed by atoms with Gasteiger partial charge >= 0.3 is 0 Å². The predicted octanol–water partition coefficient (Wildman–Crippen LogP) is 3.65. The Morgan fingerprint density at radius 1 is 1.14 bits per heavy atom. The van der Waals surface area contributed by atoms with Gasteiger partial charge in [0, 0.05) is 11.7 Å². The molecule has 1 N–H and O–H groups in total. The first kappa shape index (κ1) is 15.8. The molecule has 0 bridgehead atoms. The highest BCUT2D eigenvalue weighted by Crippen LogP contribution is 2.21. The van der Waals surface area contributed by atoms with Gasteiger partial charge in [-0.25, -0.2) is 4.68 Å². The molecule has 0 saturated heterocycles. The number of aromatic nitrogens is 2. The summed E-state index contributed by atoms with van der Waals surface area (Å²) >= 11 is 0. The summed E-state index contributed by atoms with van der Waals surface area (Å²) in [4.78, 5) is 0. The minimum absolute atomic E-state index is 0.528. The van der Waals surface area contributed by atoms with Crippen LogP contribution >= 0.6 is 0 Å². The molecule has 1 aromatic heterocycles. The number of nitrogens with zero attached hydrogens (tertiary/aromatic N) is 2. The summed E-state index contributed by atoms with van der Waals surface area (Å²) < 4.78 is 2.09. The Labute approximate surface area is 128 Å². The van der Waals surface area contributed by atoms with Gasteiger partial charge in [-0.15, -0.1) is 0 Å². The summed E-state index contributed by atoms with van der Waals surface area (Å²) in [6.45, 7) is 13.9. The maximum atomic E-state index is 4.76. The van der Waals surface area contributed by atoms with Gasteiger partial charge in [-0.05, 0) is 57.9 Å². The lowest BCUT2D eigenvalue weighted by Crippen LogP contribution is -2.25. The van der Waals surface area contributed by atoms with Crippen LogP contribution < -0.4 is 5.32 Å². The molecule has 0 saturated carbocycles. The Hall–Kier alpha value is -1.61. The number of hydrogen-bond acceptors (Lipinski definition) is 2. The van der Waals surface area contributed by atoms with Crippen LogP contribution in [0, 0.1) is 27.7 Å². The van der Waals surface area contributed by atoms with Gasteiger partial charge in [-0.3, -0.25) is 0 Å². The molecule has 2 aromatic rings. The van der Waals surface area contributed by atoms with Crippen molar-refractivity contribution in [2.75, 3.05) is 6.54 Å². The summed E-state index contributed by atoms with van der Waals surface area (Å²) in [5.41, 5.74) is 7.50. The molecule has 0 fully saturated rings. The van der Waals surface area contributed by atoms with Crippen molar-refractivity contribution in [1.29, 1.82) is 0 Å². The molecule has 0 aliphatic heterocycles. The van der Waals surface area contributed by atoms with E-state index in [1.165, 1.54) is 28.1 Å². The van der Waals surface area contributed by atoms with E-state index in [4.69, 9.17) is 5.10 Å². The second kappa shape index (κ2) is 6.44. The maximum absolute atomic E-state index is 4.76. The monoisotopic (exact) mass is 285 g/mol. The highest BCUT2D eigenvalue weighted by molar-refractivity contribution is 5.44. The molecule has 0 amide bonds. The summed E-state index contributed by atoms with van der Waals surface area (Å²) in [7, 11) is 0. The lowest BCUT2D eigenvalue weighted by atomic mass is 10.1. The molecule has 1 aromatic carbocycles. The molecule has 3 nitrogen and oxygen atoms in total. The fourth-order valence-corrected chi connectivity index (χ4v) is 2.80. The van der Waals surface area contributed by atoms with E-state index in [-0.39, 0.29) is 0 Å². The van der Waals surface area contributed by atoms with Crippen LogP contribution in [0.25, 0.3) is 5.69 Å². The van der Waals surface area contributed by atoms with Gasteiger partial charge < -0.3 is 5.32 Å². The Kier molecular flexibility index (Phi) is 4.84. The topological polar surface area (TPSA) is 29.9 Å². The van der Waals surface area contributed by atoms with Gasteiger partial charge in [0.25, 0.3) is 0 Å². The van der Waals surface area contributed by atoms with Crippen molar-refractivity contribution in [3.05, 3.63) is 46.3 Å². The van der Waals surface area contributed by atoms with Crippen LogP contribution in [0.3, 0.4) is 0 Å². The van der Waals surface area contributed by atoms with Gasteiger partial charge in [-0.1, -0.05) is 31.5 Å². The normalized spacial score (nSPS) is 11.4. The Bertz CT molecular complexity index is 624. The number of rotatable bonds is 5. The Morgan fingerprint density at radius 2 is 1.86 bits per heavy atom. The van der Waals surface area contributed by atoms with Crippen LogP contribution in [0.5, 0.6) is 0 Å². The van der Waals surface area contributed by atoms with E-state index in [2.05, 4.69) is 69.7 Å². The van der Waals surface area contributed by atoms with E-state index in [0.29, 0.717) is 6.04 Å². The van der Waals surface area contributed by atoms with Crippen molar-refractivity contribution in [3.8, 4) is 5.69 Å². The number of benzene rings is 1. The molecule has 2 rings (SSSR count). The fraction of sp³-hybridized carbons (Fsp3) is 0.500. The van der Waals surface area contributed by atoms with Crippen LogP contribution in [-0.4, -0.2) is 22.4 Å². The molecule has 3 heteroatoms. The van der Waals surface area contributed by atoms with Gasteiger partial charge in [-0.2, -0.15) is 5.10 Å². The quantitative estimate of drug-likeness (QED) is 0.909. The average Bonchev–Trinajstić information content (AvgIpc) is 2.66. The first-order valence-electron chi connectivity index (χ1n) is 7.76. The standard InChI is InChI=1S/C18H27N3/c1-12(2)19-10-9-17-15(5)20-21(16(17)6)18-8-7-13(3)11-14(18)4/h7-8,11-12,19H,9-10H2,1-6H3. The zero-order chi connectivity index (χ0) is 15.6. The van der Waals surface area contributed by atoms with Crippen molar-refractivity contribution >= 4 is 0 Å². The van der Waals surface area contributed by atoms with E-state index in [0.717, 1.165) is 18.7 Å². The summed E-state index contributed by atoms with van der Waals surface area (Å²) in [5.74, 6) is 0. The van der Waals surface area contributed by atoms with Gasteiger partial charge in [0.15, 0.2) is 0 Å². The third-order valence-corrected chi connectivity index (χ3v) is 3.95. The summed E-state index contributed by atoms with van der Waals surface area (Å²) in [6, 6.07) is 7.06. The lowest BCUT2D eigenvalue weighted by molar-refractivity contribution is 0.589. The highest BCUT2D eigenvalue weighted by atomic mass is 15.3. The maximum Gasteiger partial charge on any atom is 0.0678 e. The molecule has 0 spiro atoms. The second-order valence-electron chi connectivity index (χ2n) is 6.21. The number of nitrogens with one attached hydrogen (secondary N) is 1. The van der Waals surface area contributed by atoms with Crippen molar-refractivity contribution in [2.45, 2.75) is 54.0 Å². The van der Waals surface area contributed by atoms with Gasteiger partial charge in [0.05, 0.1) is 11.4 Å². The van der Waals surface area contributed by atoms with Crippen molar-refractivity contribution < 1.29 is 0 Å². The van der Waals surface area contributed by atoms with Crippen LogP contribution in [0.2, 0.25) is 0 Å². The molecule has 0 aliphatic carbocycles. The molecule has 0 radical (unpaired) electrons. The minimum Gasteiger partial charge on any atom is -0.314 e. The molecule has 1 heterocycles.